The Bertz CT molecular complexity index is 389. The molecule has 0 heterocycles. The molecule has 1 aromatic carbocycles. The summed E-state index contributed by atoms with van der Waals surface area (Å²) in [5.74, 6) is -2.29. The molecule has 1 rings (SSSR count). The van der Waals surface area contributed by atoms with Gasteiger partial charge in [-0.3, -0.25) is 0 Å². The van der Waals surface area contributed by atoms with Gasteiger partial charge in [-0.15, -0.1) is 0 Å². The van der Waals surface area contributed by atoms with E-state index in [4.69, 9.17) is 9.84 Å². The summed E-state index contributed by atoms with van der Waals surface area (Å²) in [6.45, 7) is -0.758. The van der Waals surface area contributed by atoms with E-state index in [0.29, 0.717) is 0 Å². The van der Waals surface area contributed by atoms with Gasteiger partial charge in [0.2, 0.25) is 0 Å². The Kier molecular flexibility index (Phi) is 5.83. The molecule has 1 unspecified atom stereocenters. The molecular formula is C12H14O6. The predicted molar refractivity (Wildman–Crippen MR) is 60.7 cm³/mol. The summed E-state index contributed by atoms with van der Waals surface area (Å²) < 4.78 is 9.41. The second-order valence-electron chi connectivity index (χ2n) is 3.52. The summed E-state index contributed by atoms with van der Waals surface area (Å²) >= 11 is 0. The minimum absolute atomic E-state index is 0.243. The van der Waals surface area contributed by atoms with E-state index in [2.05, 4.69) is 4.74 Å². The third-order valence-electron chi connectivity index (χ3n) is 2.00. The third kappa shape index (κ3) is 5.42. The Balaban J connectivity index is 2.22. The van der Waals surface area contributed by atoms with Crippen molar-refractivity contribution in [1.82, 2.24) is 0 Å². The number of aliphatic carboxylic acids is 1. The third-order valence-corrected chi connectivity index (χ3v) is 2.00. The van der Waals surface area contributed by atoms with Crippen molar-refractivity contribution in [2.75, 3.05) is 13.2 Å². The monoisotopic (exact) mass is 254 g/mol. The lowest BCUT2D eigenvalue weighted by Gasteiger charge is -2.10. The molecule has 0 aliphatic heterocycles. The Labute approximate surface area is 104 Å². The van der Waals surface area contributed by atoms with Crippen LogP contribution in [0.5, 0.6) is 0 Å². The van der Waals surface area contributed by atoms with Gasteiger partial charge in [-0.25, -0.2) is 9.59 Å². The van der Waals surface area contributed by atoms with E-state index in [1.165, 1.54) is 0 Å². The summed E-state index contributed by atoms with van der Waals surface area (Å²) in [5.41, 5.74) is 0.906. The number of benzene rings is 1. The second kappa shape index (κ2) is 7.41. The van der Waals surface area contributed by atoms with Crippen LogP contribution in [-0.2, 0) is 25.7 Å². The lowest BCUT2D eigenvalue weighted by molar-refractivity contribution is -0.164. The molecule has 0 radical (unpaired) electrons. The van der Waals surface area contributed by atoms with Gasteiger partial charge in [0.1, 0.15) is 0 Å². The zero-order chi connectivity index (χ0) is 13.4. The second-order valence-corrected chi connectivity index (χ2v) is 3.52. The lowest BCUT2D eigenvalue weighted by atomic mass is 10.2. The SMILES string of the molecule is O=C(O)COC(=O)C(O)COCc1ccccc1. The van der Waals surface area contributed by atoms with Crippen LogP contribution in [0.3, 0.4) is 0 Å². The van der Waals surface area contributed by atoms with E-state index in [1.54, 1.807) is 0 Å². The molecule has 2 N–H and O–H groups in total. The highest BCUT2D eigenvalue weighted by atomic mass is 16.6. The van der Waals surface area contributed by atoms with Crippen LogP contribution in [0.1, 0.15) is 5.56 Å². The quantitative estimate of drug-likeness (QED) is 0.675. The summed E-state index contributed by atoms with van der Waals surface area (Å²) in [4.78, 5) is 21.2. The minimum Gasteiger partial charge on any atom is -0.479 e. The van der Waals surface area contributed by atoms with Crippen LogP contribution >= 0.6 is 0 Å². The topological polar surface area (TPSA) is 93.1 Å². The summed E-state index contributed by atoms with van der Waals surface area (Å²) in [6.07, 6.45) is -1.48. The number of aliphatic hydroxyl groups is 1. The van der Waals surface area contributed by atoms with Gasteiger partial charge in [0.05, 0.1) is 13.2 Å². The fraction of sp³-hybridized carbons (Fsp3) is 0.333. The molecule has 0 aromatic heterocycles. The molecule has 6 heteroatoms. The van der Waals surface area contributed by atoms with E-state index >= 15 is 0 Å². The summed E-state index contributed by atoms with van der Waals surface area (Å²) in [5, 5.41) is 17.6. The number of carbonyl (C=O) groups excluding carboxylic acids is 1. The van der Waals surface area contributed by atoms with Crippen molar-refractivity contribution < 1.29 is 29.3 Å². The smallest absolute Gasteiger partial charge is 0.341 e. The summed E-state index contributed by atoms with van der Waals surface area (Å²) in [7, 11) is 0. The van der Waals surface area contributed by atoms with E-state index in [1.807, 2.05) is 30.3 Å². The molecule has 0 aliphatic rings. The Morgan fingerprint density at radius 2 is 1.89 bits per heavy atom. The van der Waals surface area contributed by atoms with Gasteiger partial charge in [0, 0.05) is 0 Å². The molecule has 18 heavy (non-hydrogen) atoms. The van der Waals surface area contributed by atoms with Crippen molar-refractivity contribution in [2.45, 2.75) is 12.7 Å². The van der Waals surface area contributed by atoms with Crippen molar-refractivity contribution in [3.8, 4) is 0 Å². The average molecular weight is 254 g/mol. The molecule has 0 spiro atoms. The van der Waals surface area contributed by atoms with Gasteiger partial charge in [-0.1, -0.05) is 30.3 Å². The Hall–Kier alpha value is -1.92. The number of carboxylic acid groups (broad SMARTS) is 1. The van der Waals surface area contributed by atoms with Gasteiger partial charge >= 0.3 is 11.9 Å². The van der Waals surface area contributed by atoms with Crippen LogP contribution in [0.25, 0.3) is 0 Å². The Morgan fingerprint density at radius 3 is 2.50 bits per heavy atom. The van der Waals surface area contributed by atoms with Crippen LogP contribution in [0.15, 0.2) is 30.3 Å². The number of aliphatic hydroxyl groups excluding tert-OH is 1. The van der Waals surface area contributed by atoms with Crippen LogP contribution in [-0.4, -0.2) is 41.5 Å². The molecule has 0 saturated heterocycles. The van der Waals surface area contributed by atoms with Crippen LogP contribution in [0.2, 0.25) is 0 Å². The average Bonchev–Trinajstić information content (AvgIpc) is 2.37. The number of esters is 1. The van der Waals surface area contributed by atoms with Gasteiger partial charge in [-0.05, 0) is 5.56 Å². The van der Waals surface area contributed by atoms with E-state index in [9.17, 15) is 14.7 Å². The maximum Gasteiger partial charge on any atom is 0.341 e. The van der Waals surface area contributed by atoms with Crippen LogP contribution in [0, 0.1) is 0 Å². The number of ether oxygens (including phenoxy) is 2. The van der Waals surface area contributed by atoms with Crippen LogP contribution < -0.4 is 0 Å². The summed E-state index contributed by atoms with van der Waals surface area (Å²) in [6, 6.07) is 9.23. The number of hydrogen-bond donors (Lipinski definition) is 2. The first kappa shape index (κ1) is 14.1. The molecular weight excluding hydrogens is 240 g/mol. The zero-order valence-corrected chi connectivity index (χ0v) is 9.61. The van der Waals surface area contributed by atoms with Crippen LogP contribution in [0.4, 0.5) is 0 Å². The molecule has 98 valence electrons. The van der Waals surface area contributed by atoms with E-state index < -0.39 is 24.6 Å². The van der Waals surface area contributed by atoms with E-state index in [-0.39, 0.29) is 13.2 Å². The molecule has 0 bridgehead atoms. The highest BCUT2D eigenvalue weighted by Gasteiger charge is 2.17. The minimum atomic E-state index is -1.48. The number of carbonyl (C=O) groups is 2. The first-order valence-corrected chi connectivity index (χ1v) is 5.27. The van der Waals surface area contributed by atoms with Crippen molar-refractivity contribution in [3.05, 3.63) is 35.9 Å². The fourth-order valence-corrected chi connectivity index (χ4v) is 1.16. The van der Waals surface area contributed by atoms with E-state index in [0.717, 1.165) is 5.56 Å². The Morgan fingerprint density at radius 1 is 1.22 bits per heavy atom. The molecule has 1 aromatic rings. The zero-order valence-electron chi connectivity index (χ0n) is 9.61. The first-order chi connectivity index (χ1) is 8.59. The van der Waals surface area contributed by atoms with Gasteiger partial charge in [0.25, 0.3) is 0 Å². The van der Waals surface area contributed by atoms with Crippen molar-refractivity contribution >= 4 is 11.9 Å². The predicted octanol–water partition coefficient (Wildman–Crippen LogP) is 0.192. The lowest BCUT2D eigenvalue weighted by Crippen LogP contribution is -2.29. The van der Waals surface area contributed by atoms with Gasteiger partial charge in [-0.2, -0.15) is 0 Å². The first-order valence-electron chi connectivity index (χ1n) is 5.27. The molecule has 0 aliphatic carbocycles. The number of hydrogen-bond acceptors (Lipinski definition) is 5. The molecule has 6 nitrogen and oxygen atoms in total. The van der Waals surface area contributed by atoms with Gasteiger partial charge < -0.3 is 19.7 Å². The van der Waals surface area contributed by atoms with Gasteiger partial charge in [0.15, 0.2) is 12.7 Å². The van der Waals surface area contributed by atoms with Crippen molar-refractivity contribution in [3.63, 3.8) is 0 Å². The highest BCUT2D eigenvalue weighted by Crippen LogP contribution is 2.01. The standard InChI is InChI=1S/C12H14O6/c13-10(12(16)18-8-11(14)15)7-17-6-9-4-2-1-3-5-9/h1-5,10,13H,6-8H2,(H,14,15). The highest BCUT2D eigenvalue weighted by molar-refractivity contribution is 5.78. The normalized spacial score (nSPS) is 11.8. The molecule has 0 saturated carbocycles. The number of rotatable bonds is 7. The number of carboxylic acids is 1. The van der Waals surface area contributed by atoms with Crippen molar-refractivity contribution in [1.29, 1.82) is 0 Å². The molecule has 0 fully saturated rings. The maximum atomic E-state index is 11.1. The molecule has 0 amide bonds. The fourth-order valence-electron chi connectivity index (χ4n) is 1.16. The largest absolute Gasteiger partial charge is 0.479 e. The molecule has 1 atom stereocenters. The maximum absolute atomic E-state index is 11.1. The van der Waals surface area contributed by atoms with Crippen molar-refractivity contribution in [2.24, 2.45) is 0 Å².